The molecule has 1 aliphatic rings. The van der Waals surface area contributed by atoms with Gasteiger partial charge in [0.1, 0.15) is 5.75 Å². The molecule has 182 valence electrons. The lowest BCUT2D eigenvalue weighted by Gasteiger charge is -2.28. The normalized spacial score (nSPS) is 13.5. The number of amides is 2. The van der Waals surface area contributed by atoms with E-state index in [2.05, 4.69) is 63.7 Å². The van der Waals surface area contributed by atoms with Crippen molar-refractivity contribution in [3.8, 4) is 5.75 Å². The van der Waals surface area contributed by atoms with Crippen molar-refractivity contribution in [1.29, 1.82) is 0 Å². The number of anilines is 1. The number of carbonyl (C=O) groups excluding carboxylic acids is 2. The third-order valence-electron chi connectivity index (χ3n) is 6.35. The van der Waals surface area contributed by atoms with E-state index >= 15 is 0 Å². The van der Waals surface area contributed by atoms with E-state index in [9.17, 15) is 9.59 Å². The molecule has 1 N–H and O–H groups in total. The topological polar surface area (TPSA) is 74.8 Å². The van der Waals surface area contributed by atoms with Gasteiger partial charge in [0.25, 0.3) is 0 Å². The van der Waals surface area contributed by atoms with Crippen LogP contribution in [0.25, 0.3) is 10.9 Å². The van der Waals surface area contributed by atoms with E-state index in [-0.39, 0.29) is 24.9 Å². The molecule has 0 radical (unpaired) electrons. The summed E-state index contributed by atoms with van der Waals surface area (Å²) in [5.74, 6) is 0.636. The summed E-state index contributed by atoms with van der Waals surface area (Å²) in [6.07, 6.45) is 1.82. The number of carbonyl (C=O) groups is 2. The lowest BCUT2D eigenvalue weighted by molar-refractivity contribution is -0.141. The van der Waals surface area contributed by atoms with Crippen molar-refractivity contribution in [3.63, 3.8) is 0 Å². The van der Waals surface area contributed by atoms with Gasteiger partial charge in [-0.15, -0.1) is 0 Å². The first kappa shape index (κ1) is 23.4. The van der Waals surface area contributed by atoms with E-state index in [4.69, 9.17) is 4.74 Å². The highest BCUT2D eigenvalue weighted by atomic mass is 16.5. The van der Waals surface area contributed by atoms with Gasteiger partial charge in [-0.2, -0.15) is 0 Å². The van der Waals surface area contributed by atoms with Crippen LogP contribution in [-0.2, 0) is 29.2 Å². The molecule has 2 amide bonds. The van der Waals surface area contributed by atoms with Crippen molar-refractivity contribution >= 4 is 28.4 Å². The number of piperazine rings is 1. The summed E-state index contributed by atoms with van der Waals surface area (Å²) in [5.41, 5.74) is 5.32. The van der Waals surface area contributed by atoms with Gasteiger partial charge in [-0.25, -0.2) is 0 Å². The standard InChI is InChI=1S/C29H28N4O3/c1-36-26-6-2-4-22(14-26)18-32(19-23-7-10-24-5-3-13-30-27(24)15-23)25-11-8-21(9-12-25)17-33-20-28(34)31-16-29(33)35/h2-15H,16-20H2,1H3,(H,31,34). The highest BCUT2D eigenvalue weighted by Crippen LogP contribution is 2.24. The van der Waals surface area contributed by atoms with Gasteiger partial charge in [0.05, 0.1) is 25.7 Å². The Morgan fingerprint density at radius 2 is 1.69 bits per heavy atom. The van der Waals surface area contributed by atoms with Crippen LogP contribution in [0.4, 0.5) is 5.69 Å². The molecule has 1 aromatic heterocycles. The number of benzene rings is 3. The minimum absolute atomic E-state index is 0.0614. The van der Waals surface area contributed by atoms with Crippen LogP contribution in [-0.4, -0.2) is 41.9 Å². The lowest BCUT2D eigenvalue weighted by atomic mass is 10.1. The molecule has 0 spiro atoms. The Bertz CT molecular complexity index is 1390. The van der Waals surface area contributed by atoms with E-state index in [1.807, 2.05) is 36.5 Å². The molecule has 0 atom stereocenters. The molecule has 7 nitrogen and oxygen atoms in total. The molecule has 1 aliphatic heterocycles. The minimum Gasteiger partial charge on any atom is -0.497 e. The van der Waals surface area contributed by atoms with Crippen LogP contribution in [0.2, 0.25) is 0 Å². The van der Waals surface area contributed by atoms with E-state index in [1.165, 1.54) is 0 Å². The van der Waals surface area contributed by atoms with Crippen molar-refractivity contribution < 1.29 is 14.3 Å². The number of hydrogen-bond donors (Lipinski definition) is 1. The molecule has 2 heterocycles. The zero-order valence-electron chi connectivity index (χ0n) is 20.2. The first-order valence-corrected chi connectivity index (χ1v) is 11.9. The molecule has 1 saturated heterocycles. The van der Waals surface area contributed by atoms with Crippen LogP contribution in [0.3, 0.4) is 0 Å². The predicted octanol–water partition coefficient (Wildman–Crippen LogP) is 3.91. The molecule has 5 rings (SSSR count). The first-order valence-electron chi connectivity index (χ1n) is 11.9. The van der Waals surface area contributed by atoms with E-state index in [0.29, 0.717) is 19.6 Å². The molecule has 0 saturated carbocycles. The number of pyridine rings is 1. The number of hydrogen-bond acceptors (Lipinski definition) is 5. The Morgan fingerprint density at radius 1 is 0.917 bits per heavy atom. The predicted molar refractivity (Wildman–Crippen MR) is 139 cm³/mol. The zero-order chi connectivity index (χ0) is 24.9. The van der Waals surface area contributed by atoms with Crippen LogP contribution in [0.5, 0.6) is 5.75 Å². The monoisotopic (exact) mass is 480 g/mol. The number of aromatic nitrogens is 1. The number of rotatable bonds is 8. The Morgan fingerprint density at radius 3 is 2.50 bits per heavy atom. The van der Waals surface area contributed by atoms with Crippen molar-refractivity contribution in [2.45, 2.75) is 19.6 Å². The number of nitrogens with zero attached hydrogens (tertiary/aromatic N) is 3. The molecular formula is C29H28N4O3. The van der Waals surface area contributed by atoms with Crippen molar-refractivity contribution in [1.82, 2.24) is 15.2 Å². The van der Waals surface area contributed by atoms with E-state index in [1.54, 1.807) is 12.0 Å². The number of fused-ring (bicyclic) bond motifs is 1. The summed E-state index contributed by atoms with van der Waals surface area (Å²) < 4.78 is 5.43. The summed E-state index contributed by atoms with van der Waals surface area (Å²) in [7, 11) is 1.67. The summed E-state index contributed by atoms with van der Waals surface area (Å²) in [4.78, 5) is 32.3. The molecular weight excluding hydrogens is 452 g/mol. The third-order valence-corrected chi connectivity index (χ3v) is 6.35. The lowest BCUT2D eigenvalue weighted by Crippen LogP contribution is -2.50. The van der Waals surface area contributed by atoms with Crippen molar-refractivity contribution in [2.75, 3.05) is 25.1 Å². The maximum atomic E-state index is 12.2. The Balaban J connectivity index is 1.39. The van der Waals surface area contributed by atoms with Gasteiger partial charge in [-0.3, -0.25) is 14.6 Å². The molecule has 0 unspecified atom stereocenters. The summed E-state index contributed by atoms with van der Waals surface area (Å²) in [6, 6.07) is 26.7. The van der Waals surface area contributed by atoms with Gasteiger partial charge >= 0.3 is 0 Å². The average molecular weight is 481 g/mol. The van der Waals surface area contributed by atoms with E-state index < -0.39 is 0 Å². The van der Waals surface area contributed by atoms with Crippen molar-refractivity contribution in [2.24, 2.45) is 0 Å². The molecule has 0 aliphatic carbocycles. The number of methoxy groups -OCH3 is 1. The van der Waals surface area contributed by atoms with Crippen LogP contribution in [0, 0.1) is 0 Å². The second-order valence-corrected chi connectivity index (χ2v) is 8.93. The van der Waals surface area contributed by atoms with Crippen LogP contribution in [0.15, 0.2) is 85.1 Å². The van der Waals surface area contributed by atoms with Gasteiger partial charge in [-0.05, 0) is 53.1 Å². The summed E-state index contributed by atoms with van der Waals surface area (Å²) in [6.45, 7) is 1.97. The van der Waals surface area contributed by atoms with Gasteiger partial charge in [0.15, 0.2) is 0 Å². The Kier molecular flexibility index (Phi) is 6.80. The molecule has 3 aromatic carbocycles. The van der Waals surface area contributed by atoms with Gasteiger partial charge < -0.3 is 19.9 Å². The first-order chi connectivity index (χ1) is 17.6. The quantitative estimate of drug-likeness (QED) is 0.414. The maximum Gasteiger partial charge on any atom is 0.242 e. The zero-order valence-corrected chi connectivity index (χ0v) is 20.2. The summed E-state index contributed by atoms with van der Waals surface area (Å²) >= 11 is 0. The average Bonchev–Trinajstić information content (AvgIpc) is 2.91. The smallest absolute Gasteiger partial charge is 0.242 e. The van der Waals surface area contributed by atoms with Crippen LogP contribution < -0.4 is 15.0 Å². The second-order valence-electron chi connectivity index (χ2n) is 8.93. The molecule has 7 heteroatoms. The fraction of sp³-hybridized carbons (Fsp3) is 0.207. The van der Waals surface area contributed by atoms with Crippen LogP contribution >= 0.6 is 0 Å². The fourth-order valence-electron chi connectivity index (χ4n) is 4.44. The number of nitrogens with one attached hydrogen (secondary N) is 1. The maximum absolute atomic E-state index is 12.2. The van der Waals surface area contributed by atoms with Gasteiger partial charge in [0, 0.05) is 36.9 Å². The Labute approximate surface area is 210 Å². The second kappa shape index (κ2) is 10.5. The fourth-order valence-corrected chi connectivity index (χ4v) is 4.44. The van der Waals surface area contributed by atoms with E-state index in [0.717, 1.165) is 39.0 Å². The SMILES string of the molecule is COc1cccc(CN(Cc2ccc3cccnc3c2)c2ccc(CN3CC(=O)NCC3=O)cc2)c1. The summed E-state index contributed by atoms with van der Waals surface area (Å²) in [5, 5.41) is 3.70. The Hall–Kier alpha value is -4.39. The third kappa shape index (κ3) is 5.46. The highest BCUT2D eigenvalue weighted by Gasteiger charge is 2.23. The van der Waals surface area contributed by atoms with Gasteiger partial charge in [0.2, 0.25) is 11.8 Å². The highest BCUT2D eigenvalue weighted by molar-refractivity contribution is 5.92. The molecule has 1 fully saturated rings. The van der Waals surface area contributed by atoms with Gasteiger partial charge in [-0.1, -0.05) is 42.5 Å². The largest absolute Gasteiger partial charge is 0.497 e. The van der Waals surface area contributed by atoms with Crippen molar-refractivity contribution in [3.05, 3.63) is 102 Å². The number of ether oxygens (including phenoxy) is 1. The minimum atomic E-state index is -0.124. The molecule has 36 heavy (non-hydrogen) atoms. The van der Waals surface area contributed by atoms with Crippen LogP contribution in [0.1, 0.15) is 16.7 Å². The molecule has 0 bridgehead atoms. The molecule has 4 aromatic rings.